The SMILES string of the molecule is CNc1ccc([N+](=O)[O-])c(Oc2cc(C)nn2C)n1. The van der Waals surface area contributed by atoms with Crippen LogP contribution in [0.1, 0.15) is 5.69 Å². The Balaban J connectivity index is 2.42. The van der Waals surface area contributed by atoms with Crippen LogP contribution in [0.25, 0.3) is 0 Å². The lowest BCUT2D eigenvalue weighted by Gasteiger charge is -2.06. The Morgan fingerprint density at radius 3 is 2.74 bits per heavy atom. The molecule has 0 bridgehead atoms. The lowest BCUT2D eigenvalue weighted by molar-refractivity contribution is -0.386. The maximum Gasteiger partial charge on any atom is 0.331 e. The van der Waals surface area contributed by atoms with Gasteiger partial charge in [0.05, 0.1) is 10.6 Å². The first kappa shape index (κ1) is 12.8. The summed E-state index contributed by atoms with van der Waals surface area (Å²) in [5, 5.41) is 17.9. The molecule has 1 N–H and O–H groups in total. The maximum absolute atomic E-state index is 10.9. The number of anilines is 1. The van der Waals surface area contributed by atoms with E-state index in [0.29, 0.717) is 11.7 Å². The van der Waals surface area contributed by atoms with Gasteiger partial charge < -0.3 is 10.1 Å². The van der Waals surface area contributed by atoms with Crippen LogP contribution in [0.3, 0.4) is 0 Å². The predicted molar refractivity (Wildman–Crippen MR) is 68.5 cm³/mol. The highest BCUT2D eigenvalue weighted by Crippen LogP contribution is 2.30. The molecule has 2 aromatic rings. The van der Waals surface area contributed by atoms with Crippen molar-refractivity contribution in [2.45, 2.75) is 6.92 Å². The van der Waals surface area contributed by atoms with Gasteiger partial charge in [0.2, 0.25) is 5.88 Å². The Kier molecular flexibility index (Phi) is 3.32. The maximum atomic E-state index is 10.9. The fourth-order valence-electron chi connectivity index (χ4n) is 1.57. The van der Waals surface area contributed by atoms with Crippen LogP contribution in [-0.2, 0) is 7.05 Å². The molecule has 100 valence electrons. The topological polar surface area (TPSA) is 95.1 Å². The number of rotatable bonds is 4. The van der Waals surface area contributed by atoms with Gasteiger partial charge >= 0.3 is 11.6 Å². The first-order valence-corrected chi connectivity index (χ1v) is 5.53. The summed E-state index contributed by atoms with van der Waals surface area (Å²) in [6, 6.07) is 4.54. The van der Waals surface area contributed by atoms with Crippen molar-refractivity contribution in [3.05, 3.63) is 34.0 Å². The summed E-state index contributed by atoms with van der Waals surface area (Å²) >= 11 is 0. The zero-order valence-corrected chi connectivity index (χ0v) is 10.7. The number of nitro groups is 1. The lowest BCUT2D eigenvalue weighted by atomic mass is 10.4. The molecule has 0 saturated carbocycles. The number of aromatic nitrogens is 3. The molecule has 8 nitrogen and oxygen atoms in total. The fourth-order valence-corrected chi connectivity index (χ4v) is 1.57. The van der Waals surface area contributed by atoms with E-state index in [1.807, 2.05) is 0 Å². The third-order valence-corrected chi connectivity index (χ3v) is 2.45. The summed E-state index contributed by atoms with van der Waals surface area (Å²) in [6.07, 6.45) is 0. The molecule has 2 aromatic heterocycles. The predicted octanol–water partition coefficient (Wildman–Crippen LogP) is 1.87. The largest absolute Gasteiger partial charge is 0.415 e. The number of nitrogens with zero attached hydrogens (tertiary/aromatic N) is 4. The van der Waals surface area contributed by atoms with E-state index in [0.717, 1.165) is 5.69 Å². The highest BCUT2D eigenvalue weighted by atomic mass is 16.6. The molecule has 0 radical (unpaired) electrons. The van der Waals surface area contributed by atoms with Gasteiger partial charge in [-0.2, -0.15) is 10.1 Å². The molecule has 19 heavy (non-hydrogen) atoms. The van der Waals surface area contributed by atoms with Gasteiger partial charge in [-0.25, -0.2) is 4.68 Å². The Labute approximate surface area is 109 Å². The van der Waals surface area contributed by atoms with Crippen LogP contribution in [0.2, 0.25) is 0 Å². The van der Waals surface area contributed by atoms with Gasteiger partial charge in [-0.15, -0.1) is 0 Å². The van der Waals surface area contributed by atoms with Crippen molar-refractivity contribution in [2.24, 2.45) is 7.05 Å². The van der Waals surface area contributed by atoms with Gasteiger partial charge in [0, 0.05) is 26.2 Å². The minimum Gasteiger partial charge on any atom is -0.415 e. The van der Waals surface area contributed by atoms with E-state index >= 15 is 0 Å². The Hall–Kier alpha value is -2.64. The van der Waals surface area contributed by atoms with Crippen molar-refractivity contribution in [2.75, 3.05) is 12.4 Å². The van der Waals surface area contributed by atoms with Gasteiger partial charge in [0.25, 0.3) is 0 Å². The minimum absolute atomic E-state index is 0.0696. The summed E-state index contributed by atoms with van der Waals surface area (Å²) in [5.41, 5.74) is 0.558. The zero-order chi connectivity index (χ0) is 14.0. The van der Waals surface area contributed by atoms with Crippen molar-refractivity contribution in [1.29, 1.82) is 0 Å². The van der Waals surface area contributed by atoms with Gasteiger partial charge in [-0.1, -0.05) is 0 Å². The van der Waals surface area contributed by atoms with Gasteiger partial charge in [0.1, 0.15) is 5.82 Å². The Morgan fingerprint density at radius 1 is 1.47 bits per heavy atom. The molecule has 0 aliphatic heterocycles. The average Bonchev–Trinajstić information content (AvgIpc) is 2.67. The van der Waals surface area contributed by atoms with Crippen molar-refractivity contribution < 1.29 is 9.66 Å². The van der Waals surface area contributed by atoms with E-state index in [1.165, 1.54) is 16.8 Å². The third kappa shape index (κ3) is 2.62. The number of ether oxygens (including phenoxy) is 1. The van der Waals surface area contributed by atoms with Crippen molar-refractivity contribution in [3.8, 4) is 11.8 Å². The molecule has 0 aliphatic carbocycles. The van der Waals surface area contributed by atoms with Crippen LogP contribution in [-0.4, -0.2) is 26.7 Å². The molecule has 8 heteroatoms. The number of hydrogen-bond donors (Lipinski definition) is 1. The van der Waals surface area contributed by atoms with Crippen molar-refractivity contribution in [1.82, 2.24) is 14.8 Å². The Bertz CT molecular complexity index is 623. The van der Waals surface area contributed by atoms with E-state index in [2.05, 4.69) is 15.4 Å². The van der Waals surface area contributed by atoms with E-state index < -0.39 is 4.92 Å². The monoisotopic (exact) mass is 263 g/mol. The van der Waals surface area contributed by atoms with Crippen LogP contribution in [0, 0.1) is 17.0 Å². The molecule has 0 unspecified atom stereocenters. The summed E-state index contributed by atoms with van der Waals surface area (Å²) in [5.74, 6) is 0.806. The van der Waals surface area contributed by atoms with Crippen LogP contribution in [0.5, 0.6) is 11.8 Å². The third-order valence-electron chi connectivity index (χ3n) is 2.45. The highest BCUT2D eigenvalue weighted by Gasteiger charge is 2.19. The first-order valence-electron chi connectivity index (χ1n) is 5.53. The smallest absolute Gasteiger partial charge is 0.331 e. The fraction of sp³-hybridized carbons (Fsp3) is 0.273. The standard InChI is InChI=1S/C11H13N5O3/c1-7-6-10(15(3)14-7)19-11-8(16(17)18)4-5-9(12-2)13-11/h4-6H,1-3H3,(H,12,13). The second kappa shape index (κ2) is 4.92. The molecule has 0 spiro atoms. The second-order valence-corrected chi connectivity index (χ2v) is 3.88. The molecule has 2 rings (SSSR count). The molecule has 0 aliphatic rings. The zero-order valence-electron chi connectivity index (χ0n) is 10.7. The summed E-state index contributed by atoms with van der Waals surface area (Å²) < 4.78 is 6.97. The van der Waals surface area contributed by atoms with E-state index in [4.69, 9.17) is 4.74 Å². The molecular formula is C11H13N5O3. The molecular weight excluding hydrogens is 250 g/mol. The van der Waals surface area contributed by atoms with Crippen LogP contribution in [0.15, 0.2) is 18.2 Å². The quantitative estimate of drug-likeness (QED) is 0.668. The average molecular weight is 263 g/mol. The number of pyridine rings is 1. The Morgan fingerprint density at radius 2 is 2.21 bits per heavy atom. The van der Waals surface area contributed by atoms with Crippen molar-refractivity contribution in [3.63, 3.8) is 0 Å². The normalized spacial score (nSPS) is 10.3. The molecule has 2 heterocycles. The van der Waals surface area contributed by atoms with Gasteiger partial charge in [0.15, 0.2) is 0 Å². The molecule has 0 aromatic carbocycles. The molecule has 0 amide bonds. The van der Waals surface area contributed by atoms with E-state index in [-0.39, 0.29) is 11.6 Å². The lowest BCUT2D eigenvalue weighted by Crippen LogP contribution is -2.01. The second-order valence-electron chi connectivity index (χ2n) is 3.88. The highest BCUT2D eigenvalue weighted by molar-refractivity contribution is 5.49. The summed E-state index contributed by atoms with van der Waals surface area (Å²) in [6.45, 7) is 1.80. The number of aryl methyl sites for hydroxylation is 2. The van der Waals surface area contributed by atoms with Gasteiger partial charge in [-0.05, 0) is 13.0 Å². The van der Waals surface area contributed by atoms with E-state index in [1.54, 1.807) is 27.1 Å². The molecule has 0 fully saturated rings. The van der Waals surface area contributed by atoms with Crippen LogP contribution >= 0.6 is 0 Å². The van der Waals surface area contributed by atoms with Gasteiger partial charge in [-0.3, -0.25) is 10.1 Å². The van der Waals surface area contributed by atoms with Crippen LogP contribution < -0.4 is 10.1 Å². The van der Waals surface area contributed by atoms with Crippen molar-refractivity contribution >= 4 is 11.5 Å². The summed E-state index contributed by atoms with van der Waals surface area (Å²) in [7, 11) is 3.36. The molecule has 0 saturated heterocycles. The number of hydrogen-bond acceptors (Lipinski definition) is 6. The minimum atomic E-state index is -0.537. The van der Waals surface area contributed by atoms with Crippen LogP contribution in [0.4, 0.5) is 11.5 Å². The molecule has 0 atom stereocenters. The van der Waals surface area contributed by atoms with E-state index in [9.17, 15) is 10.1 Å². The first-order chi connectivity index (χ1) is 9.01. The summed E-state index contributed by atoms with van der Waals surface area (Å²) in [4.78, 5) is 14.4. The number of nitrogens with one attached hydrogen (secondary N) is 1.